The molecule has 7 aromatic carbocycles. The Morgan fingerprint density at radius 3 is 1.05 bits per heavy atom. The molecule has 10 rings (SSSR count). The van der Waals surface area contributed by atoms with Crippen molar-refractivity contribution in [2.24, 2.45) is 0 Å². The second-order valence-corrected chi connectivity index (χ2v) is 13.8. The van der Waals surface area contributed by atoms with Gasteiger partial charge >= 0.3 is 0 Å². The minimum atomic E-state index is 0.811. The molecule has 0 bridgehead atoms. The molecule has 4 heteroatoms. The summed E-state index contributed by atoms with van der Waals surface area (Å²) in [6, 6.07) is 73.7. The molecule has 4 nitrogen and oxygen atoms in total. The van der Waals surface area contributed by atoms with Gasteiger partial charge in [0.15, 0.2) is 11.5 Å². The fourth-order valence-corrected chi connectivity index (χ4v) is 7.57. The van der Waals surface area contributed by atoms with Gasteiger partial charge in [-0.15, -0.1) is 0 Å². The van der Waals surface area contributed by atoms with E-state index in [1.165, 1.54) is 0 Å². The summed E-state index contributed by atoms with van der Waals surface area (Å²) in [6.07, 6.45) is 0. The van der Waals surface area contributed by atoms with E-state index >= 15 is 0 Å². The third-order valence-electron chi connectivity index (χ3n) is 10.3. The maximum atomic E-state index is 6.48. The fourth-order valence-electron chi connectivity index (χ4n) is 7.57. The molecule has 3 heterocycles. The molecule has 0 radical (unpaired) electrons. The summed E-state index contributed by atoms with van der Waals surface area (Å²) in [4.78, 5) is 12.4. The summed E-state index contributed by atoms with van der Waals surface area (Å²) in [7, 11) is 0. The quantitative estimate of drug-likeness (QED) is 0.164. The van der Waals surface area contributed by atoms with Gasteiger partial charge in [-0.1, -0.05) is 164 Å². The molecule has 1 aliphatic rings. The first-order valence-electron chi connectivity index (χ1n) is 18.8. The Morgan fingerprint density at radius 2 is 0.625 bits per heavy atom. The lowest BCUT2D eigenvalue weighted by molar-refractivity contribution is 0.477. The van der Waals surface area contributed by atoms with Crippen molar-refractivity contribution in [1.29, 1.82) is 0 Å². The molecule has 9 aromatic rings. The molecular weight excluding hydrogens is 683 g/mol. The second kappa shape index (κ2) is 14.3. The van der Waals surface area contributed by atoms with Crippen molar-refractivity contribution in [3.8, 4) is 78.8 Å². The number of ether oxygens (including phenoxy) is 1. The van der Waals surface area contributed by atoms with E-state index in [1.54, 1.807) is 0 Å². The highest BCUT2D eigenvalue weighted by Gasteiger charge is 2.29. The van der Waals surface area contributed by atoms with Gasteiger partial charge in [-0.2, -0.15) is 0 Å². The largest absolute Gasteiger partial charge is 0.453 e. The number of pyridine rings is 2. The van der Waals surface area contributed by atoms with Crippen LogP contribution < -0.4 is 9.64 Å². The van der Waals surface area contributed by atoms with Crippen molar-refractivity contribution in [3.63, 3.8) is 0 Å². The van der Waals surface area contributed by atoms with Crippen LogP contribution in [0.3, 0.4) is 0 Å². The standard InChI is InChI=1S/C52H35N3O/c1-3-14-38(15-4-1)44-20-12-22-46(53-44)40-32-28-36(29-33-40)42-18-11-19-43(52(42)55-48-24-7-9-26-50(48)56-51-27-10-8-25-49(51)55)37-30-34-41(35-31-37)47-23-13-21-45(54-47)39-16-5-2-6-17-39/h1-35H. The molecule has 0 N–H and O–H groups in total. The van der Waals surface area contributed by atoms with E-state index in [0.717, 1.165) is 95.8 Å². The van der Waals surface area contributed by atoms with Crippen molar-refractivity contribution in [2.45, 2.75) is 0 Å². The van der Waals surface area contributed by atoms with E-state index in [-0.39, 0.29) is 0 Å². The van der Waals surface area contributed by atoms with Gasteiger partial charge in [-0.3, -0.25) is 0 Å². The first-order valence-corrected chi connectivity index (χ1v) is 18.8. The van der Waals surface area contributed by atoms with Crippen LogP contribution in [0.25, 0.3) is 67.3 Å². The highest BCUT2D eigenvalue weighted by atomic mass is 16.5. The molecule has 0 fully saturated rings. The van der Waals surface area contributed by atoms with Crippen LogP contribution in [0.4, 0.5) is 17.1 Å². The van der Waals surface area contributed by atoms with Gasteiger partial charge in [0.05, 0.1) is 39.8 Å². The molecule has 2 aromatic heterocycles. The van der Waals surface area contributed by atoms with Gasteiger partial charge in [-0.05, 0) is 59.7 Å². The van der Waals surface area contributed by atoms with E-state index in [9.17, 15) is 0 Å². The molecule has 0 atom stereocenters. The third-order valence-corrected chi connectivity index (χ3v) is 10.3. The van der Waals surface area contributed by atoms with Gasteiger partial charge in [-0.25, -0.2) is 9.97 Å². The van der Waals surface area contributed by atoms with Crippen LogP contribution in [0.5, 0.6) is 11.5 Å². The average Bonchev–Trinajstić information content (AvgIpc) is 3.29. The number of fused-ring (bicyclic) bond motifs is 2. The number of hydrogen-bond donors (Lipinski definition) is 0. The summed E-state index contributed by atoms with van der Waals surface area (Å²) in [5.74, 6) is 1.62. The van der Waals surface area contributed by atoms with Crippen molar-refractivity contribution >= 4 is 17.1 Å². The molecule has 0 unspecified atom stereocenters. The summed E-state index contributed by atoms with van der Waals surface area (Å²) in [5, 5.41) is 0. The number of anilines is 3. The Labute approximate surface area is 326 Å². The summed E-state index contributed by atoms with van der Waals surface area (Å²) in [5.41, 5.74) is 15.6. The fraction of sp³-hybridized carbons (Fsp3) is 0. The third kappa shape index (κ3) is 6.19. The van der Waals surface area contributed by atoms with Crippen LogP contribution >= 0.6 is 0 Å². The zero-order valence-corrected chi connectivity index (χ0v) is 30.5. The van der Waals surface area contributed by atoms with E-state index in [1.807, 2.05) is 60.7 Å². The Hall–Kier alpha value is -7.56. The van der Waals surface area contributed by atoms with E-state index in [2.05, 4.69) is 157 Å². The van der Waals surface area contributed by atoms with E-state index in [0.29, 0.717) is 0 Å². The van der Waals surface area contributed by atoms with Crippen LogP contribution in [-0.4, -0.2) is 9.97 Å². The number of benzene rings is 7. The van der Waals surface area contributed by atoms with E-state index < -0.39 is 0 Å². The Balaban J connectivity index is 1.09. The van der Waals surface area contributed by atoms with Gasteiger partial charge in [0, 0.05) is 33.4 Å². The maximum absolute atomic E-state index is 6.48. The van der Waals surface area contributed by atoms with Crippen LogP contribution in [0.1, 0.15) is 0 Å². The summed E-state index contributed by atoms with van der Waals surface area (Å²) >= 11 is 0. The molecule has 56 heavy (non-hydrogen) atoms. The first kappa shape index (κ1) is 33.0. The Bertz CT molecular complexity index is 2630. The molecule has 264 valence electrons. The van der Waals surface area contributed by atoms with Crippen LogP contribution in [0.2, 0.25) is 0 Å². The minimum absolute atomic E-state index is 0.811. The topological polar surface area (TPSA) is 38.2 Å². The molecular formula is C52H35N3O. The van der Waals surface area contributed by atoms with Gasteiger partial charge < -0.3 is 9.64 Å². The predicted octanol–water partition coefficient (Wildman–Crippen LogP) is 14.1. The van der Waals surface area contributed by atoms with Crippen LogP contribution in [0.15, 0.2) is 212 Å². The Morgan fingerprint density at radius 1 is 0.286 bits per heavy atom. The SMILES string of the molecule is c1ccc(-c2cccc(-c3ccc(-c4cccc(-c5ccc(-c6cccc(-c7ccccc7)n6)cc5)c4N4c5ccccc5Oc5ccccc54)cc3)n2)cc1. The molecule has 0 spiro atoms. The molecule has 1 aliphatic heterocycles. The smallest absolute Gasteiger partial charge is 0.151 e. The zero-order chi connectivity index (χ0) is 37.3. The first-order chi connectivity index (χ1) is 27.8. The van der Waals surface area contributed by atoms with Crippen molar-refractivity contribution in [2.75, 3.05) is 4.90 Å². The number of aromatic nitrogens is 2. The lowest BCUT2D eigenvalue weighted by Gasteiger charge is -2.35. The van der Waals surface area contributed by atoms with Crippen LogP contribution in [0, 0.1) is 0 Å². The molecule has 0 saturated heterocycles. The van der Waals surface area contributed by atoms with Gasteiger partial charge in [0.1, 0.15) is 0 Å². The number of rotatable bonds is 7. The monoisotopic (exact) mass is 717 g/mol. The van der Waals surface area contributed by atoms with Gasteiger partial charge in [0.2, 0.25) is 0 Å². The van der Waals surface area contributed by atoms with Gasteiger partial charge in [0.25, 0.3) is 0 Å². The van der Waals surface area contributed by atoms with Crippen LogP contribution in [-0.2, 0) is 0 Å². The molecule has 0 saturated carbocycles. The summed E-state index contributed by atoms with van der Waals surface area (Å²) < 4.78 is 6.48. The molecule has 0 aliphatic carbocycles. The lowest BCUT2D eigenvalue weighted by Crippen LogP contribution is -2.17. The summed E-state index contributed by atoms with van der Waals surface area (Å²) in [6.45, 7) is 0. The highest BCUT2D eigenvalue weighted by molar-refractivity contribution is 6.00. The van der Waals surface area contributed by atoms with Crippen molar-refractivity contribution in [1.82, 2.24) is 9.97 Å². The van der Waals surface area contributed by atoms with E-state index in [4.69, 9.17) is 14.7 Å². The number of nitrogens with zero attached hydrogens (tertiary/aromatic N) is 3. The second-order valence-electron chi connectivity index (χ2n) is 13.8. The predicted molar refractivity (Wildman–Crippen MR) is 229 cm³/mol. The Kier molecular flexibility index (Phi) is 8.47. The normalized spacial score (nSPS) is 11.7. The van der Waals surface area contributed by atoms with Crippen molar-refractivity contribution in [3.05, 3.63) is 212 Å². The zero-order valence-electron chi connectivity index (χ0n) is 30.5. The number of hydrogen-bond acceptors (Lipinski definition) is 4. The minimum Gasteiger partial charge on any atom is -0.453 e. The van der Waals surface area contributed by atoms with Crippen molar-refractivity contribution < 1.29 is 4.74 Å². The number of para-hydroxylation sites is 5. The lowest BCUT2D eigenvalue weighted by atomic mass is 9.92. The maximum Gasteiger partial charge on any atom is 0.151 e. The highest BCUT2D eigenvalue weighted by Crippen LogP contribution is 2.54. The average molecular weight is 718 g/mol. The molecule has 0 amide bonds.